The van der Waals surface area contributed by atoms with Gasteiger partial charge in [0.25, 0.3) is 0 Å². The minimum atomic E-state index is -0.474. The van der Waals surface area contributed by atoms with Crippen molar-refractivity contribution in [3.8, 4) is 0 Å². The molecule has 0 unspecified atom stereocenters. The molecule has 1 saturated heterocycles. The third kappa shape index (κ3) is 3.47. The number of carbonyl (C=O) groups excluding carboxylic acids is 1. The Bertz CT molecular complexity index is 450. The Morgan fingerprint density at radius 3 is 2.89 bits per heavy atom. The van der Waals surface area contributed by atoms with Crippen molar-refractivity contribution in [2.24, 2.45) is 7.05 Å². The van der Waals surface area contributed by atoms with E-state index in [-0.39, 0.29) is 18.2 Å². The van der Waals surface area contributed by atoms with Crippen molar-refractivity contribution in [2.75, 3.05) is 6.54 Å². The number of carbonyl (C=O) groups is 1. The van der Waals surface area contributed by atoms with Crippen LogP contribution in [0, 0.1) is 0 Å². The SMILES string of the molecule is Cn1cncc1[C@@H]1NCC[C@H]1NC(=O)OC(C)(C)C. The maximum atomic E-state index is 11.8. The van der Waals surface area contributed by atoms with Crippen LogP contribution in [-0.4, -0.2) is 33.8 Å². The molecule has 2 heterocycles. The fourth-order valence-electron chi connectivity index (χ4n) is 2.30. The van der Waals surface area contributed by atoms with Crippen LogP contribution in [0.15, 0.2) is 12.5 Å². The fraction of sp³-hybridized carbons (Fsp3) is 0.692. The Morgan fingerprint density at radius 1 is 1.58 bits per heavy atom. The molecule has 6 nitrogen and oxygen atoms in total. The molecule has 1 aromatic heterocycles. The summed E-state index contributed by atoms with van der Waals surface area (Å²) in [6, 6.07) is 0.116. The molecule has 0 aromatic carbocycles. The molecule has 106 valence electrons. The Kier molecular flexibility index (Phi) is 3.80. The van der Waals surface area contributed by atoms with Crippen molar-refractivity contribution in [1.29, 1.82) is 0 Å². The lowest BCUT2D eigenvalue weighted by atomic mass is 10.1. The van der Waals surface area contributed by atoms with Gasteiger partial charge in [-0.2, -0.15) is 0 Å². The smallest absolute Gasteiger partial charge is 0.407 e. The van der Waals surface area contributed by atoms with E-state index in [9.17, 15) is 4.79 Å². The first-order valence-corrected chi connectivity index (χ1v) is 6.56. The van der Waals surface area contributed by atoms with Gasteiger partial charge in [-0.05, 0) is 33.7 Å². The van der Waals surface area contributed by atoms with Gasteiger partial charge in [-0.1, -0.05) is 0 Å². The van der Waals surface area contributed by atoms with Gasteiger partial charge in [-0.25, -0.2) is 9.78 Å². The lowest BCUT2D eigenvalue weighted by molar-refractivity contribution is 0.0499. The van der Waals surface area contributed by atoms with E-state index in [1.807, 2.05) is 38.6 Å². The second-order valence-electron chi connectivity index (χ2n) is 5.90. The van der Waals surface area contributed by atoms with E-state index in [0.29, 0.717) is 0 Å². The number of rotatable bonds is 2. The number of alkyl carbamates (subject to hydrolysis) is 1. The first-order valence-electron chi connectivity index (χ1n) is 6.56. The fourth-order valence-corrected chi connectivity index (χ4v) is 2.30. The van der Waals surface area contributed by atoms with E-state index in [1.165, 1.54) is 0 Å². The van der Waals surface area contributed by atoms with Crippen molar-refractivity contribution in [3.05, 3.63) is 18.2 Å². The van der Waals surface area contributed by atoms with Crippen LogP contribution in [0.2, 0.25) is 0 Å². The van der Waals surface area contributed by atoms with Gasteiger partial charge in [0.1, 0.15) is 5.60 Å². The van der Waals surface area contributed by atoms with Gasteiger partial charge in [-0.15, -0.1) is 0 Å². The van der Waals surface area contributed by atoms with Crippen molar-refractivity contribution >= 4 is 6.09 Å². The van der Waals surface area contributed by atoms with Gasteiger partial charge in [0.15, 0.2) is 0 Å². The van der Waals surface area contributed by atoms with Crippen LogP contribution in [0.25, 0.3) is 0 Å². The highest BCUT2D eigenvalue weighted by Gasteiger charge is 2.32. The van der Waals surface area contributed by atoms with Crippen LogP contribution in [0.3, 0.4) is 0 Å². The number of amides is 1. The molecular formula is C13H22N4O2. The van der Waals surface area contributed by atoms with Crippen molar-refractivity contribution in [2.45, 2.75) is 44.9 Å². The Hall–Kier alpha value is -1.56. The quantitative estimate of drug-likeness (QED) is 0.848. The highest BCUT2D eigenvalue weighted by atomic mass is 16.6. The molecule has 1 aliphatic heterocycles. The number of nitrogens with zero attached hydrogens (tertiary/aromatic N) is 2. The molecule has 0 radical (unpaired) electrons. The molecule has 1 fully saturated rings. The maximum Gasteiger partial charge on any atom is 0.407 e. The highest BCUT2D eigenvalue weighted by molar-refractivity contribution is 5.68. The molecule has 2 rings (SSSR count). The van der Waals surface area contributed by atoms with E-state index in [4.69, 9.17) is 4.74 Å². The van der Waals surface area contributed by atoms with E-state index >= 15 is 0 Å². The largest absolute Gasteiger partial charge is 0.444 e. The third-order valence-corrected chi connectivity index (χ3v) is 3.10. The zero-order chi connectivity index (χ0) is 14.0. The molecule has 0 bridgehead atoms. The van der Waals surface area contributed by atoms with Gasteiger partial charge in [0.05, 0.1) is 24.1 Å². The molecule has 0 aliphatic carbocycles. The zero-order valence-electron chi connectivity index (χ0n) is 11.9. The topological polar surface area (TPSA) is 68.2 Å². The van der Waals surface area contributed by atoms with Crippen LogP contribution in [-0.2, 0) is 11.8 Å². The van der Waals surface area contributed by atoms with Crippen molar-refractivity contribution < 1.29 is 9.53 Å². The van der Waals surface area contributed by atoms with Gasteiger partial charge in [0.2, 0.25) is 0 Å². The van der Waals surface area contributed by atoms with Crippen molar-refractivity contribution in [3.63, 3.8) is 0 Å². The molecule has 1 aliphatic rings. The second-order valence-corrected chi connectivity index (χ2v) is 5.90. The number of hydrogen-bond donors (Lipinski definition) is 2. The summed E-state index contributed by atoms with van der Waals surface area (Å²) >= 11 is 0. The molecule has 1 amide bonds. The Balaban J connectivity index is 2.00. The predicted molar refractivity (Wildman–Crippen MR) is 71.7 cm³/mol. The normalized spacial score (nSPS) is 23.4. The minimum absolute atomic E-state index is 0.0326. The average molecular weight is 266 g/mol. The van der Waals surface area contributed by atoms with Gasteiger partial charge in [-0.3, -0.25) is 0 Å². The molecule has 1 aromatic rings. The molecule has 0 saturated carbocycles. The summed E-state index contributed by atoms with van der Waals surface area (Å²) in [5, 5.41) is 6.32. The first-order chi connectivity index (χ1) is 8.87. The van der Waals surface area contributed by atoms with E-state index < -0.39 is 5.60 Å². The summed E-state index contributed by atoms with van der Waals surface area (Å²) in [6.07, 6.45) is 4.11. The summed E-state index contributed by atoms with van der Waals surface area (Å²) < 4.78 is 7.26. The van der Waals surface area contributed by atoms with Crippen LogP contribution in [0.1, 0.15) is 38.9 Å². The lowest BCUT2D eigenvalue weighted by Gasteiger charge is -2.24. The second kappa shape index (κ2) is 5.21. The van der Waals surface area contributed by atoms with Gasteiger partial charge < -0.3 is 19.9 Å². The molecule has 19 heavy (non-hydrogen) atoms. The van der Waals surface area contributed by atoms with Gasteiger partial charge >= 0.3 is 6.09 Å². The number of aromatic nitrogens is 2. The van der Waals surface area contributed by atoms with E-state index in [1.54, 1.807) is 6.33 Å². The van der Waals surface area contributed by atoms with Crippen LogP contribution < -0.4 is 10.6 Å². The molecular weight excluding hydrogens is 244 g/mol. The number of hydrogen-bond acceptors (Lipinski definition) is 4. The molecule has 2 N–H and O–H groups in total. The highest BCUT2D eigenvalue weighted by Crippen LogP contribution is 2.23. The zero-order valence-corrected chi connectivity index (χ0v) is 11.9. The van der Waals surface area contributed by atoms with Crippen LogP contribution >= 0.6 is 0 Å². The Morgan fingerprint density at radius 2 is 2.32 bits per heavy atom. The number of imidazole rings is 1. The first kappa shape index (κ1) is 13.9. The van der Waals surface area contributed by atoms with Crippen LogP contribution in [0.4, 0.5) is 4.79 Å². The van der Waals surface area contributed by atoms with E-state index in [0.717, 1.165) is 18.7 Å². The van der Waals surface area contributed by atoms with Crippen molar-refractivity contribution in [1.82, 2.24) is 20.2 Å². The molecule has 0 spiro atoms. The summed E-state index contributed by atoms with van der Waals surface area (Å²) in [4.78, 5) is 15.9. The number of ether oxygens (including phenoxy) is 1. The number of aryl methyl sites for hydroxylation is 1. The summed E-state index contributed by atoms with van der Waals surface area (Å²) in [6.45, 7) is 6.45. The lowest BCUT2D eigenvalue weighted by Crippen LogP contribution is -2.42. The maximum absolute atomic E-state index is 11.8. The minimum Gasteiger partial charge on any atom is -0.444 e. The molecule has 2 atom stereocenters. The standard InChI is InChI=1S/C13H22N4O2/c1-13(2,3)19-12(18)16-9-5-6-15-11(9)10-7-14-8-17(10)4/h7-9,11,15H,5-6H2,1-4H3,(H,16,18)/t9-,11-/m1/s1. The summed E-state index contributed by atoms with van der Waals surface area (Å²) in [5.41, 5.74) is 0.594. The molecule has 6 heteroatoms. The number of nitrogens with one attached hydrogen (secondary N) is 2. The summed E-state index contributed by atoms with van der Waals surface area (Å²) in [7, 11) is 1.95. The van der Waals surface area contributed by atoms with E-state index in [2.05, 4.69) is 15.6 Å². The average Bonchev–Trinajstić information content (AvgIpc) is 2.83. The monoisotopic (exact) mass is 266 g/mol. The third-order valence-electron chi connectivity index (χ3n) is 3.10. The Labute approximate surface area is 113 Å². The summed E-state index contributed by atoms with van der Waals surface area (Å²) in [5.74, 6) is 0. The predicted octanol–water partition coefficient (Wildman–Crippen LogP) is 1.35. The van der Waals surface area contributed by atoms with Gasteiger partial charge in [0, 0.05) is 13.2 Å². The van der Waals surface area contributed by atoms with Crippen LogP contribution in [0.5, 0.6) is 0 Å².